The lowest BCUT2D eigenvalue weighted by molar-refractivity contribution is -1.01. The Morgan fingerprint density at radius 2 is 1.83 bits per heavy atom. The SMILES string of the molecule is CC(C)n1c(=O)c(C(=O)NC2CC3CC[C@H](C2)[N+]32CC(O)C2)cc2ccccc21. The van der Waals surface area contributed by atoms with Gasteiger partial charge in [0.1, 0.15) is 18.7 Å². The van der Waals surface area contributed by atoms with Gasteiger partial charge in [0.15, 0.2) is 6.10 Å². The molecule has 4 heterocycles. The van der Waals surface area contributed by atoms with Crippen molar-refractivity contribution in [3.63, 3.8) is 0 Å². The van der Waals surface area contributed by atoms with E-state index in [1.54, 1.807) is 10.6 Å². The molecule has 3 fully saturated rings. The van der Waals surface area contributed by atoms with Gasteiger partial charge in [-0.25, -0.2) is 0 Å². The van der Waals surface area contributed by atoms with Gasteiger partial charge in [-0.2, -0.15) is 0 Å². The summed E-state index contributed by atoms with van der Waals surface area (Å²) in [4.78, 5) is 26.2. The molecule has 1 aromatic heterocycles. The van der Waals surface area contributed by atoms with E-state index >= 15 is 0 Å². The Kier molecular flexibility index (Phi) is 4.33. The second kappa shape index (κ2) is 6.67. The van der Waals surface area contributed by atoms with Crippen molar-refractivity contribution >= 4 is 16.8 Å². The fraction of sp³-hybridized carbons (Fsp3) is 0.565. The number of aromatic nitrogens is 1. The maximum atomic E-state index is 13.1. The summed E-state index contributed by atoms with van der Waals surface area (Å²) in [6, 6.07) is 10.6. The van der Waals surface area contributed by atoms with Crippen molar-refractivity contribution < 1.29 is 14.4 Å². The molecule has 2 N–H and O–H groups in total. The van der Waals surface area contributed by atoms with Crippen molar-refractivity contribution in [1.82, 2.24) is 9.88 Å². The second-order valence-corrected chi connectivity index (χ2v) is 9.53. The molecule has 1 aromatic carbocycles. The van der Waals surface area contributed by atoms with Crippen LogP contribution in [0.15, 0.2) is 35.1 Å². The van der Waals surface area contributed by atoms with Crippen LogP contribution in [0.1, 0.15) is 55.9 Å². The quantitative estimate of drug-likeness (QED) is 0.782. The number of quaternary nitrogens is 1. The van der Waals surface area contributed by atoms with Gasteiger partial charge in [0.25, 0.3) is 11.5 Å². The molecule has 0 aliphatic carbocycles. The summed E-state index contributed by atoms with van der Waals surface area (Å²) in [6.45, 7) is 5.69. The van der Waals surface area contributed by atoms with Crippen molar-refractivity contribution in [2.24, 2.45) is 0 Å². The zero-order valence-electron chi connectivity index (χ0n) is 17.2. The number of nitrogens with one attached hydrogen (secondary N) is 1. The molecule has 5 rings (SSSR count). The van der Waals surface area contributed by atoms with E-state index in [4.69, 9.17) is 0 Å². The molecule has 29 heavy (non-hydrogen) atoms. The Hall–Kier alpha value is -2.18. The number of hydrogen-bond acceptors (Lipinski definition) is 3. The zero-order chi connectivity index (χ0) is 20.3. The number of carbonyl (C=O) groups excluding carboxylic acids is 1. The summed E-state index contributed by atoms with van der Waals surface area (Å²) >= 11 is 0. The third kappa shape index (κ3) is 2.84. The van der Waals surface area contributed by atoms with Gasteiger partial charge in [-0.05, 0) is 31.4 Å². The number of amides is 1. The number of pyridine rings is 1. The van der Waals surface area contributed by atoms with E-state index in [-0.39, 0.29) is 35.2 Å². The van der Waals surface area contributed by atoms with Gasteiger partial charge in [-0.15, -0.1) is 0 Å². The van der Waals surface area contributed by atoms with Crippen LogP contribution in [0.3, 0.4) is 0 Å². The third-order valence-corrected chi connectivity index (χ3v) is 7.54. The van der Waals surface area contributed by atoms with Crippen molar-refractivity contribution in [1.29, 1.82) is 0 Å². The highest BCUT2D eigenvalue weighted by molar-refractivity contribution is 5.97. The van der Waals surface area contributed by atoms with E-state index in [1.807, 2.05) is 38.1 Å². The molecule has 3 atom stereocenters. The van der Waals surface area contributed by atoms with Crippen LogP contribution >= 0.6 is 0 Å². The summed E-state index contributed by atoms with van der Waals surface area (Å²) in [7, 11) is 0. The smallest absolute Gasteiger partial charge is 0.264 e. The summed E-state index contributed by atoms with van der Waals surface area (Å²) in [5, 5.41) is 13.9. The number of rotatable bonds is 3. The predicted octanol–water partition coefficient (Wildman–Crippen LogP) is 2.20. The molecule has 0 radical (unpaired) electrons. The average molecular weight is 397 g/mol. The first-order valence-corrected chi connectivity index (χ1v) is 10.9. The van der Waals surface area contributed by atoms with Gasteiger partial charge >= 0.3 is 0 Å². The minimum Gasteiger partial charge on any atom is -0.382 e. The monoisotopic (exact) mass is 396 g/mol. The lowest BCUT2D eigenvalue weighted by Gasteiger charge is -2.57. The zero-order valence-corrected chi connectivity index (χ0v) is 17.2. The molecule has 154 valence electrons. The third-order valence-electron chi connectivity index (χ3n) is 7.54. The van der Waals surface area contributed by atoms with Crippen molar-refractivity contribution in [3.05, 3.63) is 46.2 Å². The van der Waals surface area contributed by atoms with E-state index in [1.165, 1.54) is 12.8 Å². The maximum Gasteiger partial charge on any atom is 0.264 e. The number of para-hydroxylation sites is 1. The Bertz CT molecular complexity index is 1010. The predicted molar refractivity (Wildman–Crippen MR) is 112 cm³/mol. The summed E-state index contributed by atoms with van der Waals surface area (Å²) in [6.07, 6.45) is 4.10. The van der Waals surface area contributed by atoms with Gasteiger partial charge < -0.3 is 19.5 Å². The number of nitrogens with zero attached hydrogens (tertiary/aromatic N) is 2. The average Bonchev–Trinajstić information content (AvgIpc) is 2.85. The molecule has 2 bridgehead atoms. The molecule has 3 aliphatic heterocycles. The Labute approximate surface area is 170 Å². The van der Waals surface area contributed by atoms with Crippen LogP contribution in [0, 0.1) is 0 Å². The summed E-state index contributed by atoms with van der Waals surface area (Å²) in [5.41, 5.74) is 0.880. The standard InChI is InChI=1S/C23H29N3O3/c1-14(2)25-21-6-4-3-5-15(21)9-20(23(25)29)22(28)24-16-10-17-7-8-18(11-16)26(17)12-19(27)13-26/h3-6,9,14,16-19,27H,7-8,10-13H2,1-2H3/p+1/t16?,17-,18?,19?,26?/m1/s1. The van der Waals surface area contributed by atoms with Crippen LogP contribution in [-0.2, 0) is 0 Å². The molecule has 3 aliphatic rings. The first-order valence-electron chi connectivity index (χ1n) is 10.9. The molecular weight excluding hydrogens is 366 g/mol. The summed E-state index contributed by atoms with van der Waals surface area (Å²) < 4.78 is 2.78. The number of piperidine rings is 1. The van der Waals surface area contributed by atoms with Crippen molar-refractivity contribution in [2.45, 2.75) is 69.8 Å². The van der Waals surface area contributed by atoms with Gasteiger partial charge in [-0.3, -0.25) is 9.59 Å². The van der Waals surface area contributed by atoms with E-state index in [9.17, 15) is 14.7 Å². The fourth-order valence-electron chi connectivity index (χ4n) is 6.28. The highest BCUT2D eigenvalue weighted by atomic mass is 16.3. The number of benzene rings is 1. The van der Waals surface area contributed by atoms with Gasteiger partial charge in [0, 0.05) is 37.8 Å². The van der Waals surface area contributed by atoms with Crippen LogP contribution < -0.4 is 10.9 Å². The molecule has 1 spiro atoms. The molecule has 0 saturated carbocycles. The van der Waals surface area contributed by atoms with E-state index < -0.39 is 0 Å². The molecule has 6 heteroatoms. The van der Waals surface area contributed by atoms with E-state index in [0.29, 0.717) is 12.1 Å². The van der Waals surface area contributed by atoms with Gasteiger partial charge in [0.2, 0.25) is 0 Å². The Morgan fingerprint density at radius 3 is 2.45 bits per heavy atom. The topological polar surface area (TPSA) is 71.3 Å². The van der Waals surface area contributed by atoms with Crippen LogP contribution in [0.5, 0.6) is 0 Å². The first-order chi connectivity index (χ1) is 13.9. The normalized spacial score (nSPS) is 33.2. The van der Waals surface area contributed by atoms with Crippen LogP contribution in [0.2, 0.25) is 0 Å². The number of hydrogen-bond donors (Lipinski definition) is 2. The largest absolute Gasteiger partial charge is 0.382 e. The molecular formula is C23H30N3O3+. The Morgan fingerprint density at radius 1 is 1.17 bits per heavy atom. The first kappa shape index (κ1) is 18.8. The fourth-order valence-corrected chi connectivity index (χ4v) is 6.28. The second-order valence-electron chi connectivity index (χ2n) is 9.53. The van der Waals surface area contributed by atoms with Crippen molar-refractivity contribution in [3.8, 4) is 0 Å². The van der Waals surface area contributed by atoms with Crippen LogP contribution in [0.4, 0.5) is 0 Å². The van der Waals surface area contributed by atoms with E-state index in [0.717, 1.165) is 41.3 Å². The number of carbonyl (C=O) groups is 1. The van der Waals surface area contributed by atoms with E-state index in [2.05, 4.69) is 5.32 Å². The highest BCUT2D eigenvalue weighted by Gasteiger charge is 2.60. The lowest BCUT2D eigenvalue weighted by atomic mass is 9.88. The number of aliphatic hydroxyl groups is 1. The van der Waals surface area contributed by atoms with Gasteiger partial charge in [-0.1, -0.05) is 18.2 Å². The van der Waals surface area contributed by atoms with Gasteiger partial charge in [0.05, 0.1) is 17.6 Å². The molecule has 2 unspecified atom stereocenters. The summed E-state index contributed by atoms with van der Waals surface area (Å²) in [5.74, 6) is -0.253. The molecule has 6 nitrogen and oxygen atoms in total. The van der Waals surface area contributed by atoms with Crippen LogP contribution in [-0.4, -0.2) is 57.4 Å². The number of fused-ring (bicyclic) bond motifs is 1. The highest BCUT2D eigenvalue weighted by Crippen LogP contribution is 2.46. The number of aliphatic hydroxyl groups excluding tert-OH is 1. The molecule has 1 amide bonds. The molecule has 2 aromatic rings. The molecule has 3 saturated heterocycles. The minimum atomic E-state index is -0.253. The lowest BCUT2D eigenvalue weighted by Crippen LogP contribution is -2.74. The minimum absolute atomic E-state index is 0.0205. The van der Waals surface area contributed by atoms with Crippen molar-refractivity contribution in [2.75, 3.05) is 13.1 Å². The van der Waals surface area contributed by atoms with Crippen LogP contribution in [0.25, 0.3) is 10.9 Å². The Balaban J connectivity index is 1.40. The maximum absolute atomic E-state index is 13.1.